The quantitative estimate of drug-likeness (QED) is 0.899. The van der Waals surface area contributed by atoms with Gasteiger partial charge >= 0.3 is 0 Å². The number of carbonyl (C=O) groups is 2. The summed E-state index contributed by atoms with van der Waals surface area (Å²) in [5, 5.41) is 2.92. The number of ether oxygens (including phenoxy) is 1. The summed E-state index contributed by atoms with van der Waals surface area (Å²) in [4.78, 5) is 26.5. The zero-order valence-electron chi connectivity index (χ0n) is 14.3. The minimum Gasteiger partial charge on any atom is -0.491 e. The molecule has 1 aromatic rings. The van der Waals surface area contributed by atoms with Crippen LogP contribution in [0.1, 0.15) is 55.8 Å². The maximum Gasteiger partial charge on any atom is 0.257 e. The number of hydrogen-bond donors (Lipinski definition) is 1. The number of amides is 2. The summed E-state index contributed by atoms with van der Waals surface area (Å²) in [5.41, 5.74) is 1.20. The number of carbonyl (C=O) groups excluding carboxylic acids is 2. The lowest BCUT2D eigenvalue weighted by Gasteiger charge is -2.17. The number of rotatable bonds is 5. The summed E-state index contributed by atoms with van der Waals surface area (Å²) < 4.78 is 5.65. The van der Waals surface area contributed by atoms with Crippen molar-refractivity contribution in [2.75, 3.05) is 25.0 Å². The van der Waals surface area contributed by atoms with Gasteiger partial charge in [-0.3, -0.25) is 9.59 Å². The van der Waals surface area contributed by atoms with Crippen LogP contribution in [0.4, 0.5) is 5.69 Å². The maximum atomic E-state index is 12.5. The Morgan fingerprint density at radius 3 is 2.88 bits per heavy atom. The zero-order valence-corrected chi connectivity index (χ0v) is 14.3. The van der Waals surface area contributed by atoms with Crippen LogP contribution in [-0.4, -0.2) is 36.4 Å². The maximum absolute atomic E-state index is 12.5. The molecule has 1 aromatic carbocycles. The van der Waals surface area contributed by atoms with Crippen molar-refractivity contribution < 1.29 is 14.3 Å². The van der Waals surface area contributed by atoms with Crippen LogP contribution in [0, 0.1) is 5.92 Å². The first-order valence-electron chi connectivity index (χ1n) is 9.03. The molecule has 1 aliphatic carbocycles. The number of benzene rings is 1. The summed E-state index contributed by atoms with van der Waals surface area (Å²) in [6.07, 6.45) is 6.62. The van der Waals surface area contributed by atoms with Crippen LogP contribution in [0.15, 0.2) is 18.2 Å². The van der Waals surface area contributed by atoms with Crippen molar-refractivity contribution in [3.8, 4) is 5.75 Å². The Morgan fingerprint density at radius 1 is 1.33 bits per heavy atom. The molecule has 1 N–H and O–H groups in total. The average Bonchev–Trinajstić information content (AvgIpc) is 3.05. The zero-order chi connectivity index (χ0) is 16.9. The molecular weight excluding hydrogens is 304 g/mol. The van der Waals surface area contributed by atoms with Gasteiger partial charge in [0.05, 0.1) is 12.1 Å². The molecule has 0 atom stereocenters. The fraction of sp³-hybridized carbons (Fsp3) is 0.579. The van der Waals surface area contributed by atoms with Gasteiger partial charge in [-0.25, -0.2) is 0 Å². The summed E-state index contributed by atoms with van der Waals surface area (Å²) in [7, 11) is 0. The van der Waals surface area contributed by atoms with Crippen LogP contribution in [0.2, 0.25) is 0 Å². The predicted molar refractivity (Wildman–Crippen MR) is 93.3 cm³/mol. The second kappa shape index (κ2) is 7.69. The van der Waals surface area contributed by atoms with E-state index in [2.05, 4.69) is 5.32 Å². The monoisotopic (exact) mass is 330 g/mol. The molecule has 3 rings (SSSR count). The van der Waals surface area contributed by atoms with Crippen molar-refractivity contribution in [1.82, 2.24) is 4.90 Å². The van der Waals surface area contributed by atoms with E-state index in [0.717, 1.165) is 6.42 Å². The van der Waals surface area contributed by atoms with Crippen molar-refractivity contribution in [3.63, 3.8) is 0 Å². The highest BCUT2D eigenvalue weighted by Crippen LogP contribution is 2.29. The lowest BCUT2D eigenvalue weighted by molar-refractivity contribution is -0.116. The summed E-state index contributed by atoms with van der Waals surface area (Å²) in [6, 6.07) is 5.32. The van der Waals surface area contributed by atoms with Gasteiger partial charge in [0.1, 0.15) is 12.4 Å². The number of fused-ring (bicyclic) bond motifs is 1. The third-order valence-corrected chi connectivity index (χ3v) is 5.04. The lowest BCUT2D eigenvalue weighted by atomic mass is 10.0. The molecule has 5 nitrogen and oxygen atoms in total. The molecule has 5 heteroatoms. The standard InChI is InChI=1S/C19H26N2O3/c1-2-21-11-12-24-17-9-8-15(13-16(17)19(21)23)20-18(22)10-7-14-5-3-4-6-14/h8-9,13-14H,2-7,10-12H2,1H3,(H,20,22). The summed E-state index contributed by atoms with van der Waals surface area (Å²) in [6.45, 7) is 3.70. The van der Waals surface area contributed by atoms with Crippen LogP contribution < -0.4 is 10.1 Å². The largest absolute Gasteiger partial charge is 0.491 e. The molecule has 0 bridgehead atoms. The molecule has 1 fully saturated rings. The first kappa shape index (κ1) is 16.8. The number of nitrogens with zero attached hydrogens (tertiary/aromatic N) is 1. The van der Waals surface area contributed by atoms with E-state index in [9.17, 15) is 9.59 Å². The van der Waals surface area contributed by atoms with Crippen molar-refractivity contribution in [3.05, 3.63) is 23.8 Å². The molecular formula is C19H26N2O3. The van der Waals surface area contributed by atoms with E-state index < -0.39 is 0 Å². The molecule has 0 unspecified atom stereocenters. The molecule has 2 amide bonds. The Hall–Kier alpha value is -2.04. The van der Waals surface area contributed by atoms with Crippen LogP contribution in [0.25, 0.3) is 0 Å². The first-order chi connectivity index (χ1) is 11.7. The smallest absolute Gasteiger partial charge is 0.257 e. The summed E-state index contributed by atoms with van der Waals surface area (Å²) in [5.74, 6) is 1.29. The van der Waals surface area contributed by atoms with E-state index in [-0.39, 0.29) is 11.8 Å². The van der Waals surface area contributed by atoms with E-state index in [0.29, 0.717) is 49.0 Å². The molecule has 1 heterocycles. The van der Waals surface area contributed by atoms with Crippen LogP contribution in [0.3, 0.4) is 0 Å². The van der Waals surface area contributed by atoms with Gasteiger partial charge in [-0.05, 0) is 37.5 Å². The number of anilines is 1. The Labute approximate surface area is 143 Å². The molecule has 0 saturated heterocycles. The van der Waals surface area contributed by atoms with E-state index in [4.69, 9.17) is 4.74 Å². The Morgan fingerprint density at radius 2 is 2.12 bits per heavy atom. The van der Waals surface area contributed by atoms with Crippen LogP contribution in [-0.2, 0) is 4.79 Å². The molecule has 2 aliphatic rings. The minimum absolute atomic E-state index is 0.0242. The van der Waals surface area contributed by atoms with E-state index >= 15 is 0 Å². The molecule has 0 radical (unpaired) electrons. The Kier molecular flexibility index (Phi) is 5.38. The SMILES string of the molecule is CCN1CCOc2ccc(NC(=O)CCC3CCCC3)cc2C1=O. The lowest BCUT2D eigenvalue weighted by Crippen LogP contribution is -2.32. The van der Waals surface area contributed by atoms with Crippen molar-refractivity contribution >= 4 is 17.5 Å². The van der Waals surface area contributed by atoms with Crippen LogP contribution >= 0.6 is 0 Å². The second-order valence-electron chi connectivity index (χ2n) is 6.68. The van der Waals surface area contributed by atoms with E-state index in [1.54, 1.807) is 23.1 Å². The van der Waals surface area contributed by atoms with Gasteiger partial charge in [0.2, 0.25) is 5.91 Å². The van der Waals surface area contributed by atoms with Gasteiger partial charge < -0.3 is 15.0 Å². The van der Waals surface area contributed by atoms with E-state index in [1.165, 1.54) is 25.7 Å². The van der Waals surface area contributed by atoms with Gasteiger partial charge in [-0.15, -0.1) is 0 Å². The number of hydrogen-bond acceptors (Lipinski definition) is 3. The van der Waals surface area contributed by atoms with Gasteiger partial charge in [0, 0.05) is 18.7 Å². The van der Waals surface area contributed by atoms with Gasteiger partial charge in [-0.1, -0.05) is 25.7 Å². The molecule has 1 aliphatic heterocycles. The van der Waals surface area contributed by atoms with Gasteiger partial charge in [-0.2, -0.15) is 0 Å². The fourth-order valence-corrected chi connectivity index (χ4v) is 3.60. The minimum atomic E-state index is -0.0351. The second-order valence-corrected chi connectivity index (χ2v) is 6.68. The highest BCUT2D eigenvalue weighted by molar-refractivity contribution is 5.99. The van der Waals surface area contributed by atoms with Crippen molar-refractivity contribution in [2.45, 2.75) is 45.4 Å². The highest BCUT2D eigenvalue weighted by Gasteiger charge is 2.23. The van der Waals surface area contributed by atoms with Crippen molar-refractivity contribution in [2.24, 2.45) is 5.92 Å². The average molecular weight is 330 g/mol. The fourth-order valence-electron chi connectivity index (χ4n) is 3.60. The van der Waals surface area contributed by atoms with Crippen LogP contribution in [0.5, 0.6) is 5.75 Å². The van der Waals surface area contributed by atoms with Gasteiger partial charge in [0.15, 0.2) is 0 Å². The van der Waals surface area contributed by atoms with E-state index in [1.807, 2.05) is 6.92 Å². The molecule has 0 aromatic heterocycles. The van der Waals surface area contributed by atoms with Gasteiger partial charge in [0.25, 0.3) is 5.91 Å². The third kappa shape index (κ3) is 3.89. The molecule has 130 valence electrons. The Balaban J connectivity index is 1.64. The molecule has 24 heavy (non-hydrogen) atoms. The predicted octanol–water partition coefficient (Wildman–Crippen LogP) is 3.45. The number of likely N-dealkylation sites (N-methyl/N-ethyl adjacent to an activating group) is 1. The third-order valence-electron chi connectivity index (χ3n) is 5.04. The normalized spacial score (nSPS) is 18.0. The molecule has 1 saturated carbocycles. The number of nitrogens with one attached hydrogen (secondary N) is 1. The first-order valence-corrected chi connectivity index (χ1v) is 9.03. The van der Waals surface area contributed by atoms with Crippen molar-refractivity contribution in [1.29, 1.82) is 0 Å². The molecule has 0 spiro atoms. The highest BCUT2D eigenvalue weighted by atomic mass is 16.5. The topological polar surface area (TPSA) is 58.6 Å². The summed E-state index contributed by atoms with van der Waals surface area (Å²) >= 11 is 0. The Bertz CT molecular complexity index is 609.